The van der Waals surface area contributed by atoms with Gasteiger partial charge >= 0.3 is 0 Å². The molecular formula is C16H25N3O. The fraction of sp³-hybridized carbons (Fsp3) is 0.625. The van der Waals surface area contributed by atoms with Crippen LogP contribution in [-0.2, 0) is 11.3 Å². The molecule has 0 bridgehead atoms. The van der Waals surface area contributed by atoms with Crippen LogP contribution < -0.4 is 10.2 Å². The van der Waals surface area contributed by atoms with Crippen molar-refractivity contribution in [2.75, 3.05) is 57.4 Å². The molecule has 3 rings (SSSR count). The minimum atomic E-state index is 0.848. The number of hydrogen-bond acceptors (Lipinski definition) is 4. The van der Waals surface area contributed by atoms with E-state index in [1.165, 1.54) is 16.8 Å². The molecule has 20 heavy (non-hydrogen) atoms. The van der Waals surface area contributed by atoms with Crippen LogP contribution in [0.4, 0.5) is 5.69 Å². The summed E-state index contributed by atoms with van der Waals surface area (Å²) >= 11 is 0. The van der Waals surface area contributed by atoms with Crippen LogP contribution in [0.25, 0.3) is 0 Å². The summed E-state index contributed by atoms with van der Waals surface area (Å²) in [6.45, 7) is 11.5. The van der Waals surface area contributed by atoms with E-state index < -0.39 is 0 Å². The van der Waals surface area contributed by atoms with Crippen molar-refractivity contribution in [2.45, 2.75) is 13.5 Å². The monoisotopic (exact) mass is 275 g/mol. The number of anilines is 1. The number of hydrogen-bond donors (Lipinski definition) is 1. The van der Waals surface area contributed by atoms with Crippen molar-refractivity contribution in [3.8, 4) is 0 Å². The van der Waals surface area contributed by atoms with Gasteiger partial charge in [-0.3, -0.25) is 4.90 Å². The minimum Gasteiger partial charge on any atom is -0.378 e. The van der Waals surface area contributed by atoms with Gasteiger partial charge in [-0.25, -0.2) is 0 Å². The molecule has 0 aromatic heterocycles. The fourth-order valence-corrected chi connectivity index (χ4v) is 3.02. The maximum atomic E-state index is 5.48. The summed E-state index contributed by atoms with van der Waals surface area (Å²) in [7, 11) is 0. The summed E-state index contributed by atoms with van der Waals surface area (Å²) in [6, 6.07) is 6.88. The van der Waals surface area contributed by atoms with Crippen molar-refractivity contribution in [1.82, 2.24) is 10.2 Å². The highest BCUT2D eigenvalue weighted by Crippen LogP contribution is 2.24. The van der Waals surface area contributed by atoms with Crippen LogP contribution in [0.15, 0.2) is 18.2 Å². The zero-order valence-corrected chi connectivity index (χ0v) is 12.4. The van der Waals surface area contributed by atoms with E-state index in [2.05, 4.69) is 40.2 Å². The highest BCUT2D eigenvalue weighted by Gasteiger charge is 2.17. The SMILES string of the molecule is Cc1ccc(CN2CCNCC2)c(N2CCOCC2)c1. The van der Waals surface area contributed by atoms with Gasteiger partial charge in [0.05, 0.1) is 13.2 Å². The standard InChI is InChI=1S/C16H25N3O/c1-14-2-3-15(13-18-6-4-17-5-7-18)16(12-14)19-8-10-20-11-9-19/h2-3,12,17H,4-11,13H2,1H3. The Morgan fingerprint density at radius 1 is 1.10 bits per heavy atom. The van der Waals surface area contributed by atoms with Gasteiger partial charge in [-0.05, 0) is 24.1 Å². The van der Waals surface area contributed by atoms with Gasteiger partial charge in [0.25, 0.3) is 0 Å². The average Bonchev–Trinajstić information content (AvgIpc) is 2.51. The summed E-state index contributed by atoms with van der Waals surface area (Å²) in [5, 5.41) is 3.42. The maximum absolute atomic E-state index is 5.48. The van der Waals surface area contributed by atoms with E-state index in [0.29, 0.717) is 0 Å². The first-order valence-corrected chi connectivity index (χ1v) is 7.68. The Labute approximate surface area is 121 Å². The van der Waals surface area contributed by atoms with E-state index in [-0.39, 0.29) is 0 Å². The zero-order chi connectivity index (χ0) is 13.8. The summed E-state index contributed by atoms with van der Waals surface area (Å²) in [6.07, 6.45) is 0. The molecule has 1 N–H and O–H groups in total. The van der Waals surface area contributed by atoms with Gasteiger partial charge in [-0.15, -0.1) is 0 Å². The van der Waals surface area contributed by atoms with Crippen LogP contribution >= 0.6 is 0 Å². The van der Waals surface area contributed by atoms with Gasteiger partial charge < -0.3 is 15.0 Å². The van der Waals surface area contributed by atoms with Gasteiger partial charge in [-0.2, -0.15) is 0 Å². The van der Waals surface area contributed by atoms with Crippen LogP contribution in [0, 0.1) is 6.92 Å². The number of benzene rings is 1. The Kier molecular flexibility index (Phi) is 4.55. The highest BCUT2D eigenvalue weighted by atomic mass is 16.5. The second-order valence-corrected chi connectivity index (χ2v) is 5.76. The lowest BCUT2D eigenvalue weighted by molar-refractivity contribution is 0.122. The number of aryl methyl sites for hydroxylation is 1. The first-order chi connectivity index (χ1) is 9.83. The average molecular weight is 275 g/mol. The Morgan fingerprint density at radius 2 is 1.85 bits per heavy atom. The fourth-order valence-electron chi connectivity index (χ4n) is 3.02. The molecule has 0 saturated carbocycles. The molecule has 110 valence electrons. The quantitative estimate of drug-likeness (QED) is 0.898. The van der Waals surface area contributed by atoms with Crippen LogP contribution in [0.3, 0.4) is 0 Å². The van der Waals surface area contributed by atoms with E-state index in [1.54, 1.807) is 0 Å². The van der Waals surface area contributed by atoms with E-state index in [1.807, 2.05) is 0 Å². The number of ether oxygens (including phenoxy) is 1. The van der Waals surface area contributed by atoms with E-state index >= 15 is 0 Å². The maximum Gasteiger partial charge on any atom is 0.0642 e. The highest BCUT2D eigenvalue weighted by molar-refractivity contribution is 5.55. The van der Waals surface area contributed by atoms with Crippen LogP contribution in [0.5, 0.6) is 0 Å². The van der Waals surface area contributed by atoms with Crippen LogP contribution in [0.2, 0.25) is 0 Å². The molecule has 0 aliphatic carbocycles. The lowest BCUT2D eigenvalue weighted by atomic mass is 10.1. The predicted molar refractivity (Wildman–Crippen MR) is 82.4 cm³/mol. The summed E-state index contributed by atoms with van der Waals surface area (Å²) in [4.78, 5) is 5.03. The smallest absolute Gasteiger partial charge is 0.0642 e. The van der Waals surface area contributed by atoms with Gasteiger partial charge in [0.15, 0.2) is 0 Å². The van der Waals surface area contributed by atoms with E-state index in [4.69, 9.17) is 4.74 Å². The van der Waals surface area contributed by atoms with Crippen molar-refractivity contribution < 1.29 is 4.74 Å². The molecule has 2 aliphatic heterocycles. The molecule has 0 amide bonds. The van der Waals surface area contributed by atoms with Crippen LogP contribution in [0.1, 0.15) is 11.1 Å². The molecule has 0 radical (unpaired) electrons. The second-order valence-electron chi connectivity index (χ2n) is 5.76. The molecule has 4 nitrogen and oxygen atoms in total. The first kappa shape index (κ1) is 13.9. The van der Waals surface area contributed by atoms with Gasteiger partial charge in [0.1, 0.15) is 0 Å². The number of morpholine rings is 1. The van der Waals surface area contributed by atoms with Crippen molar-refractivity contribution in [2.24, 2.45) is 0 Å². The summed E-state index contributed by atoms with van der Waals surface area (Å²) < 4.78 is 5.48. The number of nitrogens with zero attached hydrogens (tertiary/aromatic N) is 2. The molecule has 1 aromatic rings. The first-order valence-electron chi connectivity index (χ1n) is 7.68. The molecule has 4 heteroatoms. The number of rotatable bonds is 3. The Morgan fingerprint density at radius 3 is 2.60 bits per heavy atom. The predicted octanol–water partition coefficient (Wildman–Crippen LogP) is 1.24. The minimum absolute atomic E-state index is 0.848. The van der Waals surface area contributed by atoms with Crippen molar-refractivity contribution >= 4 is 5.69 Å². The zero-order valence-electron chi connectivity index (χ0n) is 12.4. The third-order valence-corrected chi connectivity index (χ3v) is 4.20. The topological polar surface area (TPSA) is 27.7 Å². The third kappa shape index (κ3) is 3.32. The largest absolute Gasteiger partial charge is 0.378 e. The molecular weight excluding hydrogens is 250 g/mol. The molecule has 0 spiro atoms. The molecule has 0 unspecified atom stereocenters. The summed E-state index contributed by atoms with van der Waals surface area (Å²) in [5.74, 6) is 0. The Balaban J connectivity index is 1.77. The molecule has 0 atom stereocenters. The normalized spacial score (nSPS) is 21.1. The van der Waals surface area contributed by atoms with Crippen molar-refractivity contribution in [1.29, 1.82) is 0 Å². The Hall–Kier alpha value is -1.10. The molecule has 2 heterocycles. The van der Waals surface area contributed by atoms with E-state index in [9.17, 15) is 0 Å². The Bertz CT molecular complexity index is 437. The van der Waals surface area contributed by atoms with Gasteiger partial charge in [0.2, 0.25) is 0 Å². The van der Waals surface area contributed by atoms with Crippen molar-refractivity contribution in [3.63, 3.8) is 0 Å². The lowest BCUT2D eigenvalue weighted by Crippen LogP contribution is -2.43. The third-order valence-electron chi connectivity index (χ3n) is 4.20. The van der Waals surface area contributed by atoms with E-state index in [0.717, 1.165) is 59.0 Å². The second kappa shape index (κ2) is 6.57. The summed E-state index contributed by atoms with van der Waals surface area (Å²) in [5.41, 5.74) is 4.21. The number of nitrogens with one attached hydrogen (secondary N) is 1. The van der Waals surface area contributed by atoms with Crippen molar-refractivity contribution in [3.05, 3.63) is 29.3 Å². The van der Waals surface area contributed by atoms with Gasteiger partial charge in [-0.1, -0.05) is 12.1 Å². The molecule has 1 aromatic carbocycles. The lowest BCUT2D eigenvalue weighted by Gasteiger charge is -2.33. The van der Waals surface area contributed by atoms with Gasteiger partial charge in [0, 0.05) is 51.5 Å². The van der Waals surface area contributed by atoms with Crippen LogP contribution in [-0.4, -0.2) is 57.4 Å². The number of piperazine rings is 1. The molecule has 2 saturated heterocycles. The molecule has 2 fully saturated rings. The molecule has 2 aliphatic rings.